The van der Waals surface area contributed by atoms with E-state index >= 15 is 0 Å². The van der Waals surface area contributed by atoms with Crippen LogP contribution in [0.15, 0.2) is 18.2 Å². The van der Waals surface area contributed by atoms with Crippen LogP contribution in [0.4, 0.5) is 4.39 Å². The first-order valence-electron chi connectivity index (χ1n) is 7.30. The fourth-order valence-electron chi connectivity index (χ4n) is 3.36. The van der Waals surface area contributed by atoms with Crippen LogP contribution in [0.1, 0.15) is 22.3 Å². The number of carboxylic acid groups (broad SMARTS) is 1. The van der Waals surface area contributed by atoms with Gasteiger partial charge in [0, 0.05) is 31.2 Å². The topological polar surface area (TPSA) is 66.8 Å². The molecule has 1 amide bonds. The molecule has 2 heterocycles. The summed E-state index contributed by atoms with van der Waals surface area (Å²) in [5.41, 5.74) is -0.206. The highest BCUT2D eigenvalue weighted by atomic mass is 19.1. The number of fused-ring (bicyclic) bond motifs is 1. The van der Waals surface area contributed by atoms with Gasteiger partial charge in [-0.05, 0) is 31.0 Å². The number of hydrogen-bond acceptors (Lipinski definition) is 3. The Kier molecular flexibility index (Phi) is 3.64. The van der Waals surface area contributed by atoms with E-state index in [4.69, 9.17) is 4.74 Å². The van der Waals surface area contributed by atoms with Gasteiger partial charge in [0.15, 0.2) is 0 Å². The summed E-state index contributed by atoms with van der Waals surface area (Å²) < 4.78 is 19.0. The van der Waals surface area contributed by atoms with Crippen molar-refractivity contribution in [2.45, 2.75) is 13.3 Å². The molecule has 2 atom stereocenters. The maximum absolute atomic E-state index is 13.6. The summed E-state index contributed by atoms with van der Waals surface area (Å²) in [5, 5.41) is 9.60. The molecule has 22 heavy (non-hydrogen) atoms. The fourth-order valence-corrected chi connectivity index (χ4v) is 3.36. The molecule has 0 radical (unpaired) electrons. The van der Waals surface area contributed by atoms with E-state index in [-0.39, 0.29) is 23.9 Å². The molecular weight excluding hydrogens is 289 g/mol. The van der Waals surface area contributed by atoms with Crippen molar-refractivity contribution in [3.05, 3.63) is 35.1 Å². The van der Waals surface area contributed by atoms with E-state index in [0.717, 1.165) is 0 Å². The van der Waals surface area contributed by atoms with Gasteiger partial charge >= 0.3 is 5.97 Å². The molecule has 2 aliphatic heterocycles. The predicted octanol–water partition coefficient (Wildman–Crippen LogP) is 1.70. The Morgan fingerprint density at radius 3 is 2.86 bits per heavy atom. The Morgan fingerprint density at radius 2 is 2.23 bits per heavy atom. The van der Waals surface area contributed by atoms with Gasteiger partial charge in [-0.3, -0.25) is 9.59 Å². The Bertz CT molecular complexity index is 633. The SMILES string of the molecule is Cc1ccc(C(=O)N2C[C@H]3COCC[C@@]3(C(=O)O)C2)cc1F. The van der Waals surface area contributed by atoms with Gasteiger partial charge in [-0.25, -0.2) is 4.39 Å². The van der Waals surface area contributed by atoms with Crippen molar-refractivity contribution in [1.82, 2.24) is 4.90 Å². The van der Waals surface area contributed by atoms with Gasteiger partial charge in [0.1, 0.15) is 5.82 Å². The third kappa shape index (κ3) is 2.27. The number of nitrogens with zero attached hydrogens (tertiary/aromatic N) is 1. The van der Waals surface area contributed by atoms with E-state index < -0.39 is 17.2 Å². The largest absolute Gasteiger partial charge is 0.481 e. The zero-order chi connectivity index (χ0) is 15.9. The minimum absolute atomic E-state index is 0.157. The summed E-state index contributed by atoms with van der Waals surface area (Å²) >= 11 is 0. The Labute approximate surface area is 127 Å². The number of amides is 1. The summed E-state index contributed by atoms with van der Waals surface area (Å²) in [6, 6.07) is 4.35. The summed E-state index contributed by atoms with van der Waals surface area (Å²) in [4.78, 5) is 25.8. The van der Waals surface area contributed by atoms with Crippen LogP contribution in [-0.2, 0) is 9.53 Å². The number of carbonyl (C=O) groups excluding carboxylic acids is 1. The first-order chi connectivity index (χ1) is 10.4. The van der Waals surface area contributed by atoms with Crippen molar-refractivity contribution in [3.63, 3.8) is 0 Å². The molecule has 6 heteroatoms. The molecule has 0 aromatic heterocycles. The predicted molar refractivity (Wildman–Crippen MR) is 76.0 cm³/mol. The van der Waals surface area contributed by atoms with Gasteiger partial charge in [-0.15, -0.1) is 0 Å². The lowest BCUT2D eigenvalue weighted by Crippen LogP contribution is -2.45. The van der Waals surface area contributed by atoms with Crippen molar-refractivity contribution in [3.8, 4) is 0 Å². The Morgan fingerprint density at radius 1 is 1.45 bits per heavy atom. The zero-order valence-electron chi connectivity index (χ0n) is 12.3. The highest BCUT2D eigenvalue weighted by molar-refractivity contribution is 5.95. The van der Waals surface area contributed by atoms with Gasteiger partial charge in [-0.2, -0.15) is 0 Å². The molecule has 0 bridgehead atoms. The van der Waals surface area contributed by atoms with Gasteiger partial charge in [0.25, 0.3) is 5.91 Å². The first-order valence-corrected chi connectivity index (χ1v) is 7.30. The van der Waals surface area contributed by atoms with Crippen molar-refractivity contribution >= 4 is 11.9 Å². The summed E-state index contributed by atoms with van der Waals surface area (Å²) in [5.74, 6) is -1.85. The number of carbonyl (C=O) groups is 2. The third-order valence-corrected chi connectivity index (χ3v) is 4.84. The van der Waals surface area contributed by atoms with Crippen molar-refractivity contribution in [2.24, 2.45) is 11.3 Å². The highest BCUT2D eigenvalue weighted by Gasteiger charge is 2.54. The Balaban J connectivity index is 1.85. The van der Waals surface area contributed by atoms with E-state index in [2.05, 4.69) is 0 Å². The molecule has 2 saturated heterocycles. The van der Waals surface area contributed by atoms with E-state index in [0.29, 0.717) is 31.7 Å². The van der Waals surface area contributed by atoms with E-state index in [1.807, 2.05) is 0 Å². The lowest BCUT2D eigenvalue weighted by atomic mass is 9.74. The third-order valence-electron chi connectivity index (χ3n) is 4.84. The van der Waals surface area contributed by atoms with E-state index in [1.165, 1.54) is 11.0 Å². The van der Waals surface area contributed by atoms with Crippen LogP contribution < -0.4 is 0 Å². The monoisotopic (exact) mass is 307 g/mol. The number of halogens is 1. The number of hydrogen-bond donors (Lipinski definition) is 1. The van der Waals surface area contributed by atoms with Crippen LogP contribution >= 0.6 is 0 Å². The average molecular weight is 307 g/mol. The van der Waals surface area contributed by atoms with Crippen molar-refractivity contribution in [2.75, 3.05) is 26.3 Å². The van der Waals surface area contributed by atoms with Crippen LogP contribution in [-0.4, -0.2) is 48.2 Å². The van der Waals surface area contributed by atoms with Crippen LogP contribution in [0.5, 0.6) is 0 Å². The quantitative estimate of drug-likeness (QED) is 0.903. The zero-order valence-corrected chi connectivity index (χ0v) is 12.3. The Hall–Kier alpha value is -1.95. The van der Waals surface area contributed by atoms with Crippen molar-refractivity contribution < 1.29 is 23.8 Å². The number of benzene rings is 1. The lowest BCUT2D eigenvalue weighted by molar-refractivity contribution is -0.157. The molecule has 3 rings (SSSR count). The van der Waals surface area contributed by atoms with E-state index in [1.54, 1.807) is 19.1 Å². The molecule has 118 valence electrons. The summed E-state index contributed by atoms with van der Waals surface area (Å²) in [7, 11) is 0. The highest BCUT2D eigenvalue weighted by Crippen LogP contribution is 2.42. The number of aliphatic carboxylic acids is 1. The number of likely N-dealkylation sites (tertiary alicyclic amines) is 1. The maximum Gasteiger partial charge on any atom is 0.311 e. The molecule has 2 fully saturated rings. The van der Waals surface area contributed by atoms with Crippen molar-refractivity contribution in [1.29, 1.82) is 0 Å². The molecular formula is C16H18FNO4. The summed E-state index contributed by atoms with van der Waals surface area (Å²) in [6.45, 7) is 2.86. The van der Waals surface area contributed by atoms with Crippen LogP contribution in [0, 0.1) is 24.1 Å². The molecule has 0 unspecified atom stereocenters. The molecule has 1 aromatic carbocycles. The molecule has 5 nitrogen and oxygen atoms in total. The van der Waals surface area contributed by atoms with E-state index in [9.17, 15) is 19.1 Å². The number of carboxylic acids is 1. The second kappa shape index (κ2) is 5.35. The number of aryl methyl sites for hydroxylation is 1. The molecule has 1 aromatic rings. The minimum atomic E-state index is -0.933. The van der Waals surface area contributed by atoms with Crippen LogP contribution in [0.25, 0.3) is 0 Å². The maximum atomic E-state index is 13.6. The molecule has 2 aliphatic rings. The number of rotatable bonds is 2. The second-order valence-corrected chi connectivity index (χ2v) is 6.13. The smallest absolute Gasteiger partial charge is 0.311 e. The van der Waals surface area contributed by atoms with Gasteiger partial charge in [-0.1, -0.05) is 6.07 Å². The normalized spacial score (nSPS) is 27.5. The summed E-state index contributed by atoms with van der Waals surface area (Å²) in [6.07, 6.45) is 0.402. The van der Waals surface area contributed by atoms with Gasteiger partial charge in [0.2, 0.25) is 0 Å². The molecule has 1 N–H and O–H groups in total. The van der Waals surface area contributed by atoms with Gasteiger partial charge in [0.05, 0.1) is 12.0 Å². The number of ether oxygens (including phenoxy) is 1. The average Bonchev–Trinajstić information content (AvgIpc) is 2.90. The van der Waals surface area contributed by atoms with Crippen LogP contribution in [0.2, 0.25) is 0 Å². The van der Waals surface area contributed by atoms with Crippen LogP contribution in [0.3, 0.4) is 0 Å². The minimum Gasteiger partial charge on any atom is -0.481 e. The lowest BCUT2D eigenvalue weighted by Gasteiger charge is -2.33. The second-order valence-electron chi connectivity index (χ2n) is 6.13. The molecule has 0 aliphatic carbocycles. The fraction of sp³-hybridized carbons (Fsp3) is 0.500. The first kappa shape index (κ1) is 15.0. The standard InChI is InChI=1S/C16H18FNO4/c1-10-2-3-11(6-13(10)17)14(19)18-7-12-8-22-5-4-16(12,9-18)15(20)21/h2-3,6,12H,4-5,7-9H2,1H3,(H,20,21)/t12-,16+/m0/s1. The molecule has 0 spiro atoms. The van der Waals surface area contributed by atoms with Gasteiger partial charge < -0.3 is 14.7 Å². The molecule has 0 saturated carbocycles.